The molecule has 1 unspecified atom stereocenters. The van der Waals surface area contributed by atoms with Gasteiger partial charge in [-0.25, -0.2) is 4.39 Å². The lowest BCUT2D eigenvalue weighted by Crippen LogP contribution is -2.28. The maximum absolute atomic E-state index is 13.8. The van der Waals surface area contributed by atoms with Crippen LogP contribution in [0.3, 0.4) is 0 Å². The molecule has 0 saturated carbocycles. The van der Waals surface area contributed by atoms with Gasteiger partial charge in [0.1, 0.15) is 5.82 Å². The molecule has 0 aromatic heterocycles. The molecule has 2 heteroatoms. The molecule has 0 aliphatic heterocycles. The Morgan fingerprint density at radius 3 is 2.29 bits per heavy atom. The Hall–Kier alpha value is -0.890. The first-order valence-electron chi connectivity index (χ1n) is 8.43. The van der Waals surface area contributed by atoms with E-state index >= 15 is 0 Å². The maximum Gasteiger partial charge on any atom is 0.126 e. The van der Waals surface area contributed by atoms with E-state index in [0.717, 1.165) is 31.0 Å². The third-order valence-corrected chi connectivity index (χ3v) is 3.85. The van der Waals surface area contributed by atoms with E-state index in [1.807, 2.05) is 12.1 Å². The lowest BCUT2D eigenvalue weighted by atomic mass is 9.92. The molecule has 1 N–H and O–H groups in total. The van der Waals surface area contributed by atoms with Crippen LogP contribution in [-0.2, 0) is 6.42 Å². The van der Waals surface area contributed by atoms with Crippen LogP contribution in [0, 0.1) is 23.6 Å². The molecule has 1 atom stereocenters. The first-order valence-corrected chi connectivity index (χ1v) is 8.43. The van der Waals surface area contributed by atoms with Crippen LogP contribution in [0.15, 0.2) is 24.3 Å². The summed E-state index contributed by atoms with van der Waals surface area (Å²) in [5.41, 5.74) is 0.860. The molecule has 21 heavy (non-hydrogen) atoms. The van der Waals surface area contributed by atoms with Crippen molar-refractivity contribution in [2.24, 2.45) is 17.8 Å². The molecule has 0 amide bonds. The average molecular weight is 293 g/mol. The van der Waals surface area contributed by atoms with E-state index in [0.29, 0.717) is 11.8 Å². The van der Waals surface area contributed by atoms with Crippen molar-refractivity contribution in [3.63, 3.8) is 0 Å². The Labute approximate surface area is 130 Å². The summed E-state index contributed by atoms with van der Waals surface area (Å²) in [7, 11) is 0. The van der Waals surface area contributed by atoms with Crippen LogP contribution < -0.4 is 5.32 Å². The molecule has 0 aliphatic carbocycles. The van der Waals surface area contributed by atoms with Gasteiger partial charge in [0.05, 0.1) is 0 Å². The standard InChI is InChI=1S/C19H32FN/c1-15(2)8-7-9-17(14-21-13-16(3)4)12-18-10-5-6-11-19(18)20/h5-6,10-11,15-17,21H,7-9,12-14H2,1-4H3. The summed E-state index contributed by atoms with van der Waals surface area (Å²) in [5.74, 6) is 1.88. The fraction of sp³-hybridized carbons (Fsp3) is 0.684. The van der Waals surface area contributed by atoms with Gasteiger partial charge in [0.15, 0.2) is 0 Å². The fourth-order valence-corrected chi connectivity index (χ4v) is 2.64. The summed E-state index contributed by atoms with van der Waals surface area (Å²) >= 11 is 0. The molecule has 0 bridgehead atoms. The van der Waals surface area contributed by atoms with Crippen molar-refractivity contribution in [3.05, 3.63) is 35.6 Å². The number of hydrogen-bond donors (Lipinski definition) is 1. The van der Waals surface area contributed by atoms with E-state index in [1.54, 1.807) is 12.1 Å². The minimum Gasteiger partial charge on any atom is -0.316 e. The van der Waals surface area contributed by atoms with Crippen LogP contribution >= 0.6 is 0 Å². The molecule has 1 nitrogen and oxygen atoms in total. The van der Waals surface area contributed by atoms with Gasteiger partial charge in [0, 0.05) is 0 Å². The van der Waals surface area contributed by atoms with Gasteiger partial charge in [-0.15, -0.1) is 0 Å². The van der Waals surface area contributed by atoms with Gasteiger partial charge in [-0.2, -0.15) is 0 Å². The van der Waals surface area contributed by atoms with E-state index in [-0.39, 0.29) is 5.82 Å². The van der Waals surface area contributed by atoms with Crippen LogP contribution in [0.5, 0.6) is 0 Å². The molecule has 120 valence electrons. The minimum atomic E-state index is -0.0600. The van der Waals surface area contributed by atoms with E-state index in [9.17, 15) is 4.39 Å². The molecule has 1 aromatic carbocycles. The van der Waals surface area contributed by atoms with Gasteiger partial charge >= 0.3 is 0 Å². The molecular weight excluding hydrogens is 261 g/mol. The molecular formula is C19H32FN. The van der Waals surface area contributed by atoms with Crippen LogP contribution in [0.2, 0.25) is 0 Å². The van der Waals surface area contributed by atoms with Crippen molar-refractivity contribution < 1.29 is 4.39 Å². The predicted octanol–water partition coefficient (Wildman–Crippen LogP) is 5.06. The summed E-state index contributed by atoms with van der Waals surface area (Å²) in [4.78, 5) is 0. The van der Waals surface area contributed by atoms with Crippen molar-refractivity contribution in [1.29, 1.82) is 0 Å². The van der Waals surface area contributed by atoms with Crippen molar-refractivity contribution in [1.82, 2.24) is 5.32 Å². The largest absolute Gasteiger partial charge is 0.316 e. The first-order chi connectivity index (χ1) is 9.99. The summed E-state index contributed by atoms with van der Waals surface area (Å²) in [5, 5.41) is 3.54. The van der Waals surface area contributed by atoms with Crippen LogP contribution in [0.1, 0.15) is 52.5 Å². The van der Waals surface area contributed by atoms with Crippen LogP contribution in [0.25, 0.3) is 0 Å². The zero-order valence-corrected chi connectivity index (χ0v) is 14.2. The SMILES string of the molecule is CC(C)CCCC(CNCC(C)C)Cc1ccccc1F. The zero-order valence-electron chi connectivity index (χ0n) is 14.2. The Kier molecular flexibility index (Phi) is 8.60. The Morgan fingerprint density at radius 2 is 1.67 bits per heavy atom. The number of rotatable bonds is 10. The Morgan fingerprint density at radius 1 is 0.952 bits per heavy atom. The molecule has 0 fully saturated rings. The monoisotopic (exact) mass is 293 g/mol. The number of benzene rings is 1. The summed E-state index contributed by atoms with van der Waals surface area (Å²) < 4.78 is 13.8. The van der Waals surface area contributed by atoms with E-state index < -0.39 is 0 Å². The van der Waals surface area contributed by atoms with E-state index in [4.69, 9.17) is 0 Å². The zero-order chi connectivity index (χ0) is 15.7. The lowest BCUT2D eigenvalue weighted by molar-refractivity contribution is 0.392. The highest BCUT2D eigenvalue weighted by Gasteiger charge is 2.12. The van der Waals surface area contributed by atoms with Gasteiger partial charge in [0.25, 0.3) is 0 Å². The van der Waals surface area contributed by atoms with Crippen molar-refractivity contribution >= 4 is 0 Å². The number of hydrogen-bond acceptors (Lipinski definition) is 1. The second kappa shape index (κ2) is 9.94. The third kappa shape index (κ3) is 8.21. The quantitative estimate of drug-likeness (QED) is 0.636. The summed E-state index contributed by atoms with van der Waals surface area (Å²) in [6.07, 6.45) is 4.52. The molecule has 1 aromatic rings. The molecule has 0 radical (unpaired) electrons. The van der Waals surface area contributed by atoms with Crippen molar-refractivity contribution in [3.8, 4) is 0 Å². The Bertz CT molecular complexity index is 373. The summed E-state index contributed by atoms with van der Waals surface area (Å²) in [6, 6.07) is 7.20. The van der Waals surface area contributed by atoms with Gasteiger partial charge < -0.3 is 5.32 Å². The van der Waals surface area contributed by atoms with E-state index in [1.165, 1.54) is 19.3 Å². The fourth-order valence-electron chi connectivity index (χ4n) is 2.64. The second-order valence-corrected chi connectivity index (χ2v) is 7.04. The second-order valence-electron chi connectivity index (χ2n) is 7.04. The maximum atomic E-state index is 13.8. The highest BCUT2D eigenvalue weighted by Crippen LogP contribution is 2.19. The topological polar surface area (TPSA) is 12.0 Å². The van der Waals surface area contributed by atoms with Crippen LogP contribution in [0.4, 0.5) is 4.39 Å². The van der Waals surface area contributed by atoms with Gasteiger partial charge in [-0.3, -0.25) is 0 Å². The van der Waals surface area contributed by atoms with Gasteiger partial charge in [-0.05, 0) is 55.3 Å². The Balaban J connectivity index is 2.51. The van der Waals surface area contributed by atoms with Gasteiger partial charge in [-0.1, -0.05) is 58.7 Å². The molecule has 0 saturated heterocycles. The minimum absolute atomic E-state index is 0.0600. The van der Waals surface area contributed by atoms with Crippen molar-refractivity contribution in [2.45, 2.75) is 53.4 Å². The van der Waals surface area contributed by atoms with Crippen LogP contribution in [-0.4, -0.2) is 13.1 Å². The highest BCUT2D eigenvalue weighted by molar-refractivity contribution is 5.17. The normalized spacial score (nSPS) is 13.1. The number of halogens is 1. The molecule has 1 rings (SSSR count). The third-order valence-electron chi connectivity index (χ3n) is 3.85. The molecule has 0 spiro atoms. The smallest absolute Gasteiger partial charge is 0.126 e. The first kappa shape index (κ1) is 18.2. The van der Waals surface area contributed by atoms with Crippen molar-refractivity contribution in [2.75, 3.05) is 13.1 Å². The lowest BCUT2D eigenvalue weighted by Gasteiger charge is -2.19. The predicted molar refractivity (Wildman–Crippen MR) is 90.0 cm³/mol. The van der Waals surface area contributed by atoms with Gasteiger partial charge in [0.2, 0.25) is 0 Å². The highest BCUT2D eigenvalue weighted by atomic mass is 19.1. The average Bonchev–Trinajstić information content (AvgIpc) is 2.40. The molecule has 0 heterocycles. The number of nitrogens with one attached hydrogen (secondary N) is 1. The van der Waals surface area contributed by atoms with E-state index in [2.05, 4.69) is 33.0 Å². The summed E-state index contributed by atoms with van der Waals surface area (Å²) in [6.45, 7) is 11.0. The molecule has 0 aliphatic rings.